The number of aliphatic hydroxyl groups is 1. The first-order chi connectivity index (χ1) is 8.58. The first-order valence-electron chi connectivity index (χ1n) is 7.32. The van der Waals surface area contributed by atoms with Crippen molar-refractivity contribution in [3.8, 4) is 0 Å². The molecule has 0 bridgehead atoms. The number of ketones is 2. The number of rotatable bonds is 0. The molecule has 0 aromatic rings. The van der Waals surface area contributed by atoms with Crippen molar-refractivity contribution in [2.45, 2.75) is 70.3 Å². The Kier molecular flexibility index (Phi) is 2.85. The second kappa shape index (κ2) is 4.16. The largest absolute Gasteiger partial charge is 0.384 e. The molecule has 18 heavy (non-hydrogen) atoms. The van der Waals surface area contributed by atoms with Crippen LogP contribution in [-0.2, 0) is 9.59 Å². The lowest BCUT2D eigenvalue weighted by Gasteiger charge is -2.39. The maximum absolute atomic E-state index is 12.5. The molecule has 0 aromatic carbocycles. The molecule has 0 heterocycles. The van der Waals surface area contributed by atoms with Crippen LogP contribution in [0.2, 0.25) is 0 Å². The molecular weight excluding hydrogens is 228 g/mol. The van der Waals surface area contributed by atoms with E-state index in [1.54, 1.807) is 0 Å². The van der Waals surface area contributed by atoms with Crippen molar-refractivity contribution in [3.63, 3.8) is 0 Å². The molecule has 2 spiro atoms. The van der Waals surface area contributed by atoms with E-state index in [-0.39, 0.29) is 17.0 Å². The lowest BCUT2D eigenvalue weighted by atomic mass is 9.65. The van der Waals surface area contributed by atoms with Gasteiger partial charge in [-0.2, -0.15) is 0 Å². The molecule has 2 atom stereocenters. The van der Waals surface area contributed by atoms with Crippen LogP contribution < -0.4 is 0 Å². The third-order valence-corrected chi connectivity index (χ3v) is 5.57. The second-order valence-electron chi connectivity index (χ2n) is 6.72. The predicted molar refractivity (Wildman–Crippen MR) is 67.1 cm³/mol. The standard InChI is InChI=1S/C15H22O3/c16-11-5-4-8-15(13(11)18)10-14(9-12(15)17)6-2-1-3-7-14/h13,18H,1-10H2/t13-,15+/m1/s1. The Hall–Kier alpha value is -0.700. The molecule has 0 amide bonds. The number of carbonyl (C=O) groups is 2. The summed E-state index contributed by atoms with van der Waals surface area (Å²) < 4.78 is 0. The molecule has 0 aromatic heterocycles. The van der Waals surface area contributed by atoms with Crippen molar-refractivity contribution in [2.24, 2.45) is 10.8 Å². The molecule has 3 heteroatoms. The Balaban J connectivity index is 1.89. The SMILES string of the molecule is O=C1CCC[C@@]2(CC3(CCCCC3)CC2=O)[C@@H]1O. The molecular formula is C15H22O3. The van der Waals surface area contributed by atoms with Gasteiger partial charge < -0.3 is 5.11 Å². The van der Waals surface area contributed by atoms with Crippen molar-refractivity contribution >= 4 is 11.6 Å². The summed E-state index contributed by atoms with van der Waals surface area (Å²) in [5, 5.41) is 10.2. The molecule has 3 rings (SSSR count). The summed E-state index contributed by atoms with van der Waals surface area (Å²) >= 11 is 0. The highest BCUT2D eigenvalue weighted by Gasteiger charge is 2.59. The van der Waals surface area contributed by atoms with Crippen LogP contribution in [0.4, 0.5) is 0 Å². The summed E-state index contributed by atoms with van der Waals surface area (Å²) in [7, 11) is 0. The number of hydrogen-bond acceptors (Lipinski definition) is 3. The zero-order valence-corrected chi connectivity index (χ0v) is 10.9. The summed E-state index contributed by atoms with van der Waals surface area (Å²) in [6, 6.07) is 0. The third-order valence-electron chi connectivity index (χ3n) is 5.57. The van der Waals surface area contributed by atoms with Gasteiger partial charge in [0, 0.05) is 12.8 Å². The van der Waals surface area contributed by atoms with Gasteiger partial charge >= 0.3 is 0 Å². The summed E-state index contributed by atoms with van der Waals surface area (Å²) in [5.74, 6) is 0.0624. The average Bonchev–Trinajstić information content (AvgIpc) is 2.61. The first-order valence-corrected chi connectivity index (χ1v) is 7.32. The van der Waals surface area contributed by atoms with Gasteiger partial charge in [-0.05, 0) is 37.5 Å². The monoisotopic (exact) mass is 250 g/mol. The van der Waals surface area contributed by atoms with Gasteiger partial charge in [0.2, 0.25) is 0 Å². The number of carbonyl (C=O) groups excluding carboxylic acids is 2. The Morgan fingerprint density at radius 3 is 2.44 bits per heavy atom. The van der Waals surface area contributed by atoms with Crippen molar-refractivity contribution < 1.29 is 14.7 Å². The van der Waals surface area contributed by atoms with Crippen LogP contribution in [0, 0.1) is 10.8 Å². The van der Waals surface area contributed by atoms with Crippen LogP contribution in [-0.4, -0.2) is 22.8 Å². The number of Topliss-reactive ketones (excluding diaryl/α,β-unsaturated/α-hetero) is 2. The molecule has 0 aliphatic heterocycles. The molecule has 100 valence electrons. The smallest absolute Gasteiger partial charge is 0.162 e. The molecule has 3 aliphatic rings. The van der Waals surface area contributed by atoms with Crippen LogP contribution in [0.15, 0.2) is 0 Å². The van der Waals surface area contributed by atoms with Crippen LogP contribution in [0.1, 0.15) is 64.2 Å². The fourth-order valence-electron chi connectivity index (χ4n) is 4.64. The van der Waals surface area contributed by atoms with Gasteiger partial charge in [0.1, 0.15) is 11.9 Å². The summed E-state index contributed by atoms with van der Waals surface area (Å²) in [5.41, 5.74) is -0.583. The average molecular weight is 250 g/mol. The normalized spacial score (nSPS) is 39.7. The van der Waals surface area contributed by atoms with E-state index in [0.717, 1.165) is 32.1 Å². The highest BCUT2D eigenvalue weighted by molar-refractivity contribution is 5.97. The van der Waals surface area contributed by atoms with Crippen LogP contribution in [0.5, 0.6) is 0 Å². The van der Waals surface area contributed by atoms with Gasteiger partial charge in [-0.1, -0.05) is 19.3 Å². The summed E-state index contributed by atoms with van der Waals surface area (Å²) in [6.07, 6.45) is 8.21. The first kappa shape index (κ1) is 12.3. The van der Waals surface area contributed by atoms with Gasteiger partial charge in [-0.3, -0.25) is 9.59 Å². The minimum atomic E-state index is -1.01. The Bertz CT molecular complexity index is 381. The zero-order chi connectivity index (χ0) is 12.8. The summed E-state index contributed by atoms with van der Waals surface area (Å²) in [6.45, 7) is 0. The van der Waals surface area contributed by atoms with Crippen molar-refractivity contribution in [2.75, 3.05) is 0 Å². The van der Waals surface area contributed by atoms with Crippen molar-refractivity contribution in [1.29, 1.82) is 0 Å². The van der Waals surface area contributed by atoms with Crippen LogP contribution >= 0.6 is 0 Å². The molecule has 0 unspecified atom stereocenters. The van der Waals surface area contributed by atoms with E-state index >= 15 is 0 Å². The van der Waals surface area contributed by atoms with Gasteiger partial charge in [-0.15, -0.1) is 0 Å². The van der Waals surface area contributed by atoms with E-state index < -0.39 is 11.5 Å². The minimum absolute atomic E-state index is 0.109. The highest BCUT2D eigenvalue weighted by atomic mass is 16.3. The van der Waals surface area contributed by atoms with Gasteiger partial charge in [0.05, 0.1) is 5.41 Å². The predicted octanol–water partition coefficient (Wildman–Crippen LogP) is 2.40. The minimum Gasteiger partial charge on any atom is -0.384 e. The summed E-state index contributed by atoms with van der Waals surface area (Å²) in [4.78, 5) is 24.2. The third kappa shape index (κ3) is 1.67. The Morgan fingerprint density at radius 2 is 1.72 bits per heavy atom. The Labute approximate surface area is 108 Å². The molecule has 3 nitrogen and oxygen atoms in total. The molecule has 0 saturated heterocycles. The zero-order valence-electron chi connectivity index (χ0n) is 10.9. The molecule has 0 radical (unpaired) electrons. The topological polar surface area (TPSA) is 54.4 Å². The molecule has 1 N–H and O–H groups in total. The second-order valence-corrected chi connectivity index (χ2v) is 6.72. The maximum Gasteiger partial charge on any atom is 0.162 e. The molecule has 3 aliphatic carbocycles. The fourth-order valence-corrected chi connectivity index (χ4v) is 4.64. The quantitative estimate of drug-likeness (QED) is 0.718. The van der Waals surface area contributed by atoms with E-state index in [2.05, 4.69) is 0 Å². The molecule has 3 saturated carbocycles. The van der Waals surface area contributed by atoms with E-state index in [0.29, 0.717) is 12.8 Å². The number of aliphatic hydroxyl groups excluding tert-OH is 1. The lowest BCUT2D eigenvalue weighted by Crippen LogP contribution is -2.47. The maximum atomic E-state index is 12.5. The highest BCUT2D eigenvalue weighted by Crippen LogP contribution is 2.58. The van der Waals surface area contributed by atoms with Gasteiger partial charge in [0.15, 0.2) is 5.78 Å². The van der Waals surface area contributed by atoms with E-state index in [1.807, 2.05) is 0 Å². The number of hydrogen-bond donors (Lipinski definition) is 1. The van der Waals surface area contributed by atoms with E-state index in [1.165, 1.54) is 19.3 Å². The van der Waals surface area contributed by atoms with E-state index in [9.17, 15) is 14.7 Å². The van der Waals surface area contributed by atoms with Crippen LogP contribution in [0.3, 0.4) is 0 Å². The van der Waals surface area contributed by atoms with Gasteiger partial charge in [-0.25, -0.2) is 0 Å². The van der Waals surface area contributed by atoms with Gasteiger partial charge in [0.25, 0.3) is 0 Å². The fraction of sp³-hybridized carbons (Fsp3) is 0.867. The van der Waals surface area contributed by atoms with Crippen molar-refractivity contribution in [1.82, 2.24) is 0 Å². The Morgan fingerprint density at radius 1 is 1.00 bits per heavy atom. The molecule has 3 fully saturated rings. The van der Waals surface area contributed by atoms with Crippen molar-refractivity contribution in [3.05, 3.63) is 0 Å². The van der Waals surface area contributed by atoms with E-state index in [4.69, 9.17) is 0 Å². The van der Waals surface area contributed by atoms with Crippen LogP contribution in [0.25, 0.3) is 0 Å². The lowest BCUT2D eigenvalue weighted by molar-refractivity contribution is -0.148.